The van der Waals surface area contributed by atoms with Crippen LogP contribution >= 0.6 is 51.2 Å². The first-order chi connectivity index (χ1) is 9.67. The van der Waals surface area contributed by atoms with Gasteiger partial charge in [-0.2, -0.15) is 0 Å². The molecule has 0 aliphatic carbocycles. The van der Waals surface area contributed by atoms with Gasteiger partial charge in [0.2, 0.25) is 0 Å². The monoisotopic (exact) mass is 479 g/mol. The lowest BCUT2D eigenvalue weighted by atomic mass is 10.1. The molecule has 0 saturated carbocycles. The highest BCUT2D eigenvalue weighted by Crippen LogP contribution is 2.22. The van der Waals surface area contributed by atoms with E-state index in [1.807, 2.05) is 12.1 Å². The average Bonchev–Trinajstić information content (AvgIpc) is 2.85. The summed E-state index contributed by atoms with van der Waals surface area (Å²) in [6.07, 6.45) is 1.95. The summed E-state index contributed by atoms with van der Waals surface area (Å²) in [6.45, 7) is 2.83. The van der Waals surface area contributed by atoms with Gasteiger partial charge in [0.15, 0.2) is 5.96 Å². The van der Waals surface area contributed by atoms with Crippen LogP contribution in [0, 0.1) is 0 Å². The van der Waals surface area contributed by atoms with Gasteiger partial charge in [0.25, 0.3) is 0 Å². The van der Waals surface area contributed by atoms with Crippen molar-refractivity contribution in [3.05, 3.63) is 50.6 Å². The van der Waals surface area contributed by atoms with Gasteiger partial charge in [-0.15, -0.1) is 35.3 Å². The predicted molar refractivity (Wildman–Crippen MR) is 107 cm³/mol. The van der Waals surface area contributed by atoms with Crippen LogP contribution in [-0.2, 0) is 12.8 Å². The topological polar surface area (TPSA) is 50.4 Å². The number of nitrogens with zero attached hydrogens (tertiary/aromatic N) is 1. The molecule has 1 heterocycles. The zero-order valence-corrected chi connectivity index (χ0v) is 16.5. The Balaban J connectivity index is 0.00000220. The number of benzene rings is 1. The van der Waals surface area contributed by atoms with E-state index in [-0.39, 0.29) is 24.0 Å². The number of halogens is 2. The van der Waals surface area contributed by atoms with Crippen LogP contribution in [0.15, 0.2) is 45.2 Å². The second-order valence-electron chi connectivity index (χ2n) is 4.40. The van der Waals surface area contributed by atoms with Gasteiger partial charge in [-0.3, -0.25) is 4.99 Å². The number of thiophene rings is 1. The fourth-order valence-corrected chi connectivity index (χ4v) is 3.26. The summed E-state index contributed by atoms with van der Waals surface area (Å²) in [7, 11) is 0. The molecule has 0 atom stereocenters. The Morgan fingerprint density at radius 2 is 1.95 bits per heavy atom. The number of aryl methyl sites for hydroxylation is 1. The molecule has 21 heavy (non-hydrogen) atoms. The summed E-state index contributed by atoms with van der Waals surface area (Å²) in [6, 6.07) is 12.4. The quantitative estimate of drug-likeness (QED) is 0.372. The van der Waals surface area contributed by atoms with Crippen molar-refractivity contribution in [2.45, 2.75) is 19.8 Å². The van der Waals surface area contributed by atoms with Gasteiger partial charge in [-0.05, 0) is 52.2 Å². The van der Waals surface area contributed by atoms with Crippen molar-refractivity contribution in [1.29, 1.82) is 0 Å². The van der Waals surface area contributed by atoms with Crippen LogP contribution < -0.4 is 11.1 Å². The Morgan fingerprint density at radius 1 is 1.24 bits per heavy atom. The van der Waals surface area contributed by atoms with Gasteiger partial charge < -0.3 is 11.1 Å². The third-order valence-corrected chi connectivity index (χ3v) is 4.59. The zero-order valence-electron chi connectivity index (χ0n) is 11.8. The largest absolute Gasteiger partial charge is 0.370 e. The van der Waals surface area contributed by atoms with Crippen molar-refractivity contribution in [1.82, 2.24) is 0 Å². The van der Waals surface area contributed by atoms with Crippen LogP contribution in [0.1, 0.15) is 17.4 Å². The lowest BCUT2D eigenvalue weighted by Gasteiger charge is -2.06. The van der Waals surface area contributed by atoms with Crippen LogP contribution in [-0.4, -0.2) is 12.5 Å². The van der Waals surface area contributed by atoms with E-state index in [4.69, 9.17) is 5.73 Å². The summed E-state index contributed by atoms with van der Waals surface area (Å²) in [4.78, 5) is 5.65. The number of guanidine groups is 1. The lowest BCUT2D eigenvalue weighted by molar-refractivity contribution is 0.983. The third kappa shape index (κ3) is 6.36. The SMILES string of the molecule is CCc1ccc(NC(N)=NCCc2ccc(Br)s2)cc1.I. The molecule has 0 fully saturated rings. The van der Waals surface area contributed by atoms with Gasteiger partial charge in [0, 0.05) is 23.5 Å². The van der Waals surface area contributed by atoms with Crippen LogP contribution in [0.25, 0.3) is 0 Å². The molecular weight excluding hydrogens is 461 g/mol. The highest BCUT2D eigenvalue weighted by atomic mass is 127. The minimum atomic E-state index is 0. The Labute approximate surface area is 155 Å². The first-order valence-corrected chi connectivity index (χ1v) is 8.18. The van der Waals surface area contributed by atoms with Crippen LogP contribution in [0.5, 0.6) is 0 Å². The van der Waals surface area contributed by atoms with E-state index in [2.05, 4.69) is 57.4 Å². The minimum absolute atomic E-state index is 0. The Morgan fingerprint density at radius 3 is 2.52 bits per heavy atom. The summed E-state index contributed by atoms with van der Waals surface area (Å²) in [5, 5.41) is 3.11. The summed E-state index contributed by atoms with van der Waals surface area (Å²) >= 11 is 5.19. The molecule has 0 spiro atoms. The molecule has 2 aromatic rings. The van der Waals surface area contributed by atoms with Gasteiger partial charge >= 0.3 is 0 Å². The molecule has 1 aromatic carbocycles. The maximum absolute atomic E-state index is 5.88. The highest BCUT2D eigenvalue weighted by molar-refractivity contribution is 14.0. The minimum Gasteiger partial charge on any atom is -0.370 e. The standard InChI is InChI=1S/C15H18BrN3S.HI/c1-2-11-3-5-12(6-4-11)19-15(17)18-10-9-13-7-8-14(16)20-13;/h3-8H,2,9-10H2,1H3,(H3,17,18,19);1H. The van der Waals surface area contributed by atoms with E-state index in [0.29, 0.717) is 12.5 Å². The number of nitrogens with one attached hydrogen (secondary N) is 1. The van der Waals surface area contributed by atoms with Crippen molar-refractivity contribution < 1.29 is 0 Å². The number of rotatable bonds is 5. The molecule has 3 nitrogen and oxygen atoms in total. The van der Waals surface area contributed by atoms with E-state index in [1.165, 1.54) is 10.4 Å². The van der Waals surface area contributed by atoms with E-state index >= 15 is 0 Å². The molecule has 0 bridgehead atoms. The maximum atomic E-state index is 5.88. The molecular formula is C15H19BrIN3S. The first kappa shape index (κ1) is 18.4. The molecule has 0 radical (unpaired) electrons. The summed E-state index contributed by atoms with van der Waals surface area (Å²) < 4.78 is 1.15. The molecule has 6 heteroatoms. The third-order valence-electron chi connectivity index (χ3n) is 2.90. The van der Waals surface area contributed by atoms with E-state index in [9.17, 15) is 0 Å². The molecule has 1 aromatic heterocycles. The Bertz CT molecular complexity index is 581. The Hall–Kier alpha value is -0.600. The summed E-state index contributed by atoms with van der Waals surface area (Å²) in [5.41, 5.74) is 8.17. The molecule has 114 valence electrons. The van der Waals surface area contributed by atoms with E-state index < -0.39 is 0 Å². The normalized spacial score (nSPS) is 11.0. The summed E-state index contributed by atoms with van der Waals surface area (Å²) in [5.74, 6) is 0.463. The number of hydrogen-bond acceptors (Lipinski definition) is 2. The van der Waals surface area contributed by atoms with Crippen LogP contribution in [0.2, 0.25) is 0 Å². The smallest absolute Gasteiger partial charge is 0.193 e. The second-order valence-corrected chi connectivity index (χ2v) is 6.95. The molecule has 0 saturated heterocycles. The molecule has 2 rings (SSSR count). The maximum Gasteiger partial charge on any atom is 0.193 e. The van der Waals surface area contributed by atoms with E-state index in [0.717, 1.165) is 22.3 Å². The first-order valence-electron chi connectivity index (χ1n) is 6.57. The second kappa shape index (κ2) is 9.42. The van der Waals surface area contributed by atoms with Crippen molar-refractivity contribution in [2.75, 3.05) is 11.9 Å². The fourth-order valence-electron chi connectivity index (χ4n) is 1.78. The molecule has 0 amide bonds. The number of anilines is 1. The van der Waals surface area contributed by atoms with Gasteiger partial charge in [0.05, 0.1) is 3.79 Å². The van der Waals surface area contributed by atoms with Gasteiger partial charge in [-0.25, -0.2) is 0 Å². The number of aliphatic imine (C=N–C) groups is 1. The molecule has 0 aliphatic rings. The fraction of sp³-hybridized carbons (Fsp3) is 0.267. The van der Waals surface area contributed by atoms with Crippen LogP contribution in [0.3, 0.4) is 0 Å². The number of nitrogens with two attached hydrogens (primary N) is 1. The van der Waals surface area contributed by atoms with Gasteiger partial charge in [-0.1, -0.05) is 19.1 Å². The Kier molecular flexibility index (Phi) is 8.28. The lowest BCUT2D eigenvalue weighted by Crippen LogP contribution is -2.23. The number of hydrogen-bond donors (Lipinski definition) is 2. The van der Waals surface area contributed by atoms with Crippen LogP contribution in [0.4, 0.5) is 5.69 Å². The van der Waals surface area contributed by atoms with Gasteiger partial charge in [0.1, 0.15) is 0 Å². The molecule has 3 N–H and O–H groups in total. The molecule has 0 aliphatic heterocycles. The highest BCUT2D eigenvalue weighted by Gasteiger charge is 1.98. The van der Waals surface area contributed by atoms with Crippen molar-refractivity contribution in [3.63, 3.8) is 0 Å². The average molecular weight is 480 g/mol. The zero-order chi connectivity index (χ0) is 14.4. The van der Waals surface area contributed by atoms with Crippen molar-refractivity contribution in [3.8, 4) is 0 Å². The van der Waals surface area contributed by atoms with E-state index in [1.54, 1.807) is 11.3 Å². The van der Waals surface area contributed by atoms with Crippen molar-refractivity contribution >= 4 is 62.9 Å². The predicted octanol–water partition coefficient (Wildman–Crippen LogP) is 4.66. The van der Waals surface area contributed by atoms with Crippen molar-refractivity contribution in [2.24, 2.45) is 10.7 Å². The molecule has 0 unspecified atom stereocenters.